The zero-order chi connectivity index (χ0) is 9.26. The zero-order valence-corrected chi connectivity index (χ0v) is 6.82. The smallest absolute Gasteiger partial charge is 0.209 e. The molecule has 0 aliphatic rings. The van der Waals surface area contributed by atoms with Crippen molar-refractivity contribution in [1.29, 1.82) is 5.26 Å². The molecule has 0 aliphatic heterocycles. The van der Waals surface area contributed by atoms with Gasteiger partial charge in [0.05, 0.1) is 11.8 Å². The number of nitrogens with two attached hydrogens (primary N) is 1. The number of benzene rings is 1. The highest BCUT2D eigenvalue weighted by Crippen LogP contribution is 2.20. The number of anilines is 1. The first kappa shape index (κ1) is 7.62. The molecular weight excluding hydrogens is 166 g/mol. The quantitative estimate of drug-likeness (QED) is 0.662. The largest absolute Gasteiger partial charge is 0.439 e. The van der Waals surface area contributed by atoms with Gasteiger partial charge < -0.3 is 10.2 Å². The minimum absolute atomic E-state index is 0.175. The van der Waals surface area contributed by atoms with Crippen LogP contribution < -0.4 is 5.73 Å². The molecule has 0 saturated carbocycles. The van der Waals surface area contributed by atoms with Gasteiger partial charge in [-0.15, -0.1) is 0 Å². The van der Waals surface area contributed by atoms with Crippen molar-refractivity contribution in [2.75, 3.05) is 5.73 Å². The minimum Gasteiger partial charge on any atom is -0.439 e. The fourth-order valence-electron chi connectivity index (χ4n) is 1.16. The lowest BCUT2D eigenvalue weighted by Gasteiger charge is -1.89. The fraction of sp³-hybridized carbons (Fsp3) is 0.111. The summed E-state index contributed by atoms with van der Waals surface area (Å²) in [6.07, 6.45) is 0.175. The summed E-state index contributed by atoms with van der Waals surface area (Å²) in [5, 5.41) is 8.43. The molecule has 0 atom stereocenters. The summed E-state index contributed by atoms with van der Waals surface area (Å²) in [6, 6.07) is 7.29. The summed E-state index contributed by atoms with van der Waals surface area (Å²) in [5.74, 6) is 0.412. The number of fused-ring (bicyclic) bond motifs is 1. The molecule has 1 aromatic carbocycles. The van der Waals surface area contributed by atoms with Crippen LogP contribution in [0.5, 0.6) is 0 Å². The van der Waals surface area contributed by atoms with Gasteiger partial charge in [-0.05, 0) is 12.1 Å². The Morgan fingerprint density at radius 1 is 1.54 bits per heavy atom. The predicted octanol–water partition coefficient (Wildman–Crippen LogP) is 1.48. The summed E-state index contributed by atoms with van der Waals surface area (Å²) in [5.41, 5.74) is 7.50. The standard InChI is InChI=1S/C9H7N3O/c10-5-4-8-12-9-6(11)2-1-3-7(9)13-8/h1-3H,4,11H2. The maximum absolute atomic E-state index is 8.43. The SMILES string of the molecule is N#CCc1nc2c(N)cccc2o1. The lowest BCUT2D eigenvalue weighted by atomic mass is 10.3. The number of hydrogen-bond acceptors (Lipinski definition) is 4. The molecule has 2 N–H and O–H groups in total. The van der Waals surface area contributed by atoms with Gasteiger partial charge in [0.2, 0.25) is 5.89 Å². The number of aromatic nitrogens is 1. The number of hydrogen-bond donors (Lipinski definition) is 1. The first-order valence-corrected chi connectivity index (χ1v) is 3.82. The van der Waals surface area contributed by atoms with Crippen LogP contribution in [0.25, 0.3) is 11.1 Å². The number of rotatable bonds is 1. The lowest BCUT2D eigenvalue weighted by molar-refractivity contribution is 0.548. The lowest BCUT2D eigenvalue weighted by Crippen LogP contribution is -1.85. The second-order valence-electron chi connectivity index (χ2n) is 2.64. The molecule has 0 bridgehead atoms. The molecule has 0 fully saturated rings. The Bertz CT molecular complexity index is 481. The maximum Gasteiger partial charge on any atom is 0.209 e. The molecule has 0 aliphatic carbocycles. The Hall–Kier alpha value is -2.02. The van der Waals surface area contributed by atoms with Crippen LogP contribution in [0.4, 0.5) is 5.69 Å². The molecule has 0 unspecified atom stereocenters. The van der Waals surface area contributed by atoms with Crippen molar-refractivity contribution in [3.63, 3.8) is 0 Å². The highest BCUT2D eigenvalue weighted by atomic mass is 16.3. The monoisotopic (exact) mass is 173 g/mol. The van der Waals surface area contributed by atoms with Crippen molar-refractivity contribution in [3.8, 4) is 6.07 Å². The van der Waals surface area contributed by atoms with E-state index in [-0.39, 0.29) is 6.42 Å². The minimum atomic E-state index is 0.175. The van der Waals surface area contributed by atoms with E-state index in [0.29, 0.717) is 22.7 Å². The van der Waals surface area contributed by atoms with Gasteiger partial charge in [0, 0.05) is 0 Å². The van der Waals surface area contributed by atoms with Gasteiger partial charge in [0.25, 0.3) is 0 Å². The Balaban J connectivity index is 2.63. The van der Waals surface area contributed by atoms with E-state index in [1.807, 2.05) is 6.07 Å². The van der Waals surface area contributed by atoms with Gasteiger partial charge in [-0.1, -0.05) is 6.07 Å². The molecule has 4 heteroatoms. The van der Waals surface area contributed by atoms with E-state index in [2.05, 4.69) is 4.98 Å². The molecule has 0 saturated heterocycles. The van der Waals surface area contributed by atoms with Crippen LogP contribution in [0.3, 0.4) is 0 Å². The van der Waals surface area contributed by atoms with Gasteiger partial charge in [0.15, 0.2) is 5.58 Å². The normalized spacial score (nSPS) is 10.1. The number of nitrogens with zero attached hydrogens (tertiary/aromatic N) is 2. The van der Waals surface area contributed by atoms with Crippen LogP contribution in [0.1, 0.15) is 5.89 Å². The van der Waals surface area contributed by atoms with E-state index in [0.717, 1.165) is 0 Å². The molecule has 2 rings (SSSR count). The van der Waals surface area contributed by atoms with Crippen molar-refractivity contribution >= 4 is 16.8 Å². The molecule has 64 valence electrons. The van der Waals surface area contributed by atoms with Crippen LogP contribution in [0.2, 0.25) is 0 Å². The number of nitriles is 1. The second kappa shape index (κ2) is 2.79. The average molecular weight is 173 g/mol. The summed E-state index contributed by atoms with van der Waals surface area (Å²) in [7, 11) is 0. The van der Waals surface area contributed by atoms with E-state index < -0.39 is 0 Å². The van der Waals surface area contributed by atoms with Crippen LogP contribution in [-0.4, -0.2) is 4.98 Å². The van der Waals surface area contributed by atoms with Crippen molar-refractivity contribution in [2.24, 2.45) is 0 Å². The molecule has 13 heavy (non-hydrogen) atoms. The van der Waals surface area contributed by atoms with Crippen LogP contribution in [0, 0.1) is 11.3 Å². The van der Waals surface area contributed by atoms with Gasteiger partial charge in [0.1, 0.15) is 11.9 Å². The number of nitrogen functional groups attached to an aromatic ring is 1. The maximum atomic E-state index is 8.43. The molecular formula is C9H7N3O. The summed E-state index contributed by atoms with van der Waals surface area (Å²) < 4.78 is 5.28. The molecule has 0 spiro atoms. The zero-order valence-electron chi connectivity index (χ0n) is 6.82. The fourth-order valence-corrected chi connectivity index (χ4v) is 1.16. The van der Waals surface area contributed by atoms with E-state index >= 15 is 0 Å². The molecule has 0 amide bonds. The third-order valence-electron chi connectivity index (χ3n) is 1.72. The van der Waals surface area contributed by atoms with Crippen molar-refractivity contribution in [1.82, 2.24) is 4.98 Å². The van der Waals surface area contributed by atoms with Gasteiger partial charge in [-0.25, -0.2) is 4.98 Å². The van der Waals surface area contributed by atoms with E-state index in [1.165, 1.54) is 0 Å². The Morgan fingerprint density at radius 2 is 2.38 bits per heavy atom. The molecule has 1 aromatic heterocycles. The second-order valence-corrected chi connectivity index (χ2v) is 2.64. The van der Waals surface area contributed by atoms with E-state index in [9.17, 15) is 0 Å². The average Bonchev–Trinajstić information content (AvgIpc) is 2.49. The topological polar surface area (TPSA) is 75.8 Å². The summed E-state index contributed by atoms with van der Waals surface area (Å²) >= 11 is 0. The molecule has 2 aromatic rings. The van der Waals surface area contributed by atoms with E-state index in [4.69, 9.17) is 15.4 Å². The molecule has 1 heterocycles. The highest BCUT2D eigenvalue weighted by Gasteiger charge is 2.06. The van der Waals surface area contributed by atoms with Crippen LogP contribution >= 0.6 is 0 Å². The van der Waals surface area contributed by atoms with Crippen molar-refractivity contribution < 1.29 is 4.42 Å². The third kappa shape index (κ3) is 1.20. The van der Waals surface area contributed by atoms with Gasteiger partial charge in [-0.2, -0.15) is 5.26 Å². The van der Waals surface area contributed by atoms with E-state index in [1.54, 1.807) is 18.2 Å². The number of para-hydroxylation sites is 1. The third-order valence-corrected chi connectivity index (χ3v) is 1.72. The first-order chi connectivity index (χ1) is 6.31. The molecule has 4 nitrogen and oxygen atoms in total. The van der Waals surface area contributed by atoms with Gasteiger partial charge >= 0.3 is 0 Å². The van der Waals surface area contributed by atoms with Crippen LogP contribution in [0.15, 0.2) is 22.6 Å². The van der Waals surface area contributed by atoms with Crippen LogP contribution in [-0.2, 0) is 6.42 Å². The Morgan fingerprint density at radius 3 is 3.08 bits per heavy atom. The predicted molar refractivity (Wildman–Crippen MR) is 47.7 cm³/mol. The first-order valence-electron chi connectivity index (χ1n) is 3.82. The molecule has 0 radical (unpaired) electrons. The van der Waals surface area contributed by atoms with Gasteiger partial charge in [-0.3, -0.25) is 0 Å². The Kier molecular flexibility index (Phi) is 1.64. The summed E-state index contributed by atoms with van der Waals surface area (Å²) in [6.45, 7) is 0. The summed E-state index contributed by atoms with van der Waals surface area (Å²) in [4.78, 5) is 4.09. The van der Waals surface area contributed by atoms with Crippen molar-refractivity contribution in [2.45, 2.75) is 6.42 Å². The van der Waals surface area contributed by atoms with Crippen molar-refractivity contribution in [3.05, 3.63) is 24.1 Å². The number of oxazole rings is 1. The highest BCUT2D eigenvalue weighted by molar-refractivity contribution is 5.85. The Labute approximate surface area is 74.6 Å².